The van der Waals surface area contributed by atoms with Crippen LogP contribution in [-0.2, 0) is 30.9 Å². The fraction of sp³-hybridized carbons (Fsp3) is 0.433. The number of carbonyl (C=O) groups excluding carboxylic acids is 5. The first-order chi connectivity index (χ1) is 21.2. The van der Waals surface area contributed by atoms with Gasteiger partial charge in [-0.15, -0.1) is 0 Å². The van der Waals surface area contributed by atoms with Gasteiger partial charge in [0.05, 0.1) is 39.7 Å². The molecule has 1 unspecified atom stereocenters. The number of fused-ring (bicyclic) bond motifs is 1. The average molecular weight is 669 g/mol. The van der Waals surface area contributed by atoms with Crippen LogP contribution in [0.1, 0.15) is 53.0 Å². The molecule has 0 aliphatic carbocycles. The van der Waals surface area contributed by atoms with Crippen molar-refractivity contribution in [3.8, 4) is 5.75 Å². The number of imide groups is 1. The molecule has 3 atom stereocenters. The topological polar surface area (TPSA) is 211 Å². The van der Waals surface area contributed by atoms with Crippen LogP contribution in [0, 0.1) is 17.8 Å². The minimum Gasteiger partial charge on any atom is -0.748 e. The predicted molar refractivity (Wildman–Crippen MR) is 159 cm³/mol. The number of hydroxylamine groups is 1. The molecular weight excluding hydrogens is 631 g/mol. The molecule has 14 nitrogen and oxygen atoms in total. The number of nitrogens with one attached hydrogen (secondary N) is 3. The van der Waals surface area contributed by atoms with E-state index >= 15 is 0 Å². The standard InChI is InChI=1S/C30H38N4O10S.Na/c1-18(2)15-23(24(27(36)33-40)17-34-29(38)21-7-4-5-8-22(21)30(34)39)26(35)32-25(28(37)31-3)16-19-9-11-20(12-10-19)44-13-6-14-45(41,42)43;/h4-5,7-12,18,23-25,40H,6,13-17H2,1-3H3,(H,31,37)(H,32,35)(H,33,36)(H,41,42,43);/q;+1/p-1/t23-,24?,25+;/m0./s1. The second-order valence-electron chi connectivity index (χ2n) is 11.1. The Labute approximate surface area is 289 Å². The van der Waals surface area contributed by atoms with Gasteiger partial charge in [0, 0.05) is 25.8 Å². The Balaban J connectivity index is 0.00000736. The van der Waals surface area contributed by atoms with E-state index in [1.165, 1.54) is 19.2 Å². The second-order valence-corrected chi connectivity index (χ2v) is 12.6. The Morgan fingerprint density at radius 2 is 1.52 bits per heavy atom. The third-order valence-corrected chi connectivity index (χ3v) is 8.09. The first-order valence-electron chi connectivity index (χ1n) is 14.3. The number of likely N-dealkylation sites (N-methyl/N-ethyl adjacent to an activating group) is 1. The Hall–Kier alpha value is -3.34. The molecular formula is C30H37N4NaO10S. The number of nitrogens with zero attached hydrogens (tertiary/aromatic N) is 1. The third-order valence-electron chi connectivity index (χ3n) is 7.30. The third kappa shape index (κ3) is 10.6. The van der Waals surface area contributed by atoms with Crippen molar-refractivity contribution in [2.75, 3.05) is 26.0 Å². The van der Waals surface area contributed by atoms with E-state index in [9.17, 15) is 42.2 Å². The van der Waals surface area contributed by atoms with E-state index in [-0.39, 0.29) is 72.5 Å². The van der Waals surface area contributed by atoms with Gasteiger partial charge >= 0.3 is 29.6 Å². The van der Waals surface area contributed by atoms with Gasteiger partial charge in [0.25, 0.3) is 11.8 Å². The molecule has 1 aliphatic heterocycles. The Kier molecular flexibility index (Phi) is 14.8. The largest absolute Gasteiger partial charge is 1.00 e. The fourth-order valence-corrected chi connectivity index (χ4v) is 5.56. The summed E-state index contributed by atoms with van der Waals surface area (Å²) in [5.74, 6) is -6.16. The number of amides is 5. The van der Waals surface area contributed by atoms with E-state index in [1.807, 2.05) is 13.8 Å². The van der Waals surface area contributed by atoms with E-state index in [4.69, 9.17) is 4.74 Å². The van der Waals surface area contributed by atoms with Gasteiger partial charge in [0.15, 0.2) is 0 Å². The minimum absolute atomic E-state index is 0. The van der Waals surface area contributed by atoms with Gasteiger partial charge in [-0.25, -0.2) is 13.9 Å². The number of benzene rings is 2. The van der Waals surface area contributed by atoms with Crippen LogP contribution in [0.5, 0.6) is 5.75 Å². The van der Waals surface area contributed by atoms with Gasteiger partial charge in [0.2, 0.25) is 17.7 Å². The molecule has 0 bridgehead atoms. The maximum Gasteiger partial charge on any atom is 1.00 e. The molecule has 1 aliphatic rings. The van der Waals surface area contributed by atoms with Crippen LogP contribution < -0.4 is 50.4 Å². The van der Waals surface area contributed by atoms with Crippen LogP contribution in [0.25, 0.3) is 0 Å². The summed E-state index contributed by atoms with van der Waals surface area (Å²) in [6.45, 7) is 3.17. The molecule has 2 aromatic rings. The molecule has 4 N–H and O–H groups in total. The van der Waals surface area contributed by atoms with Gasteiger partial charge in [-0.3, -0.25) is 34.1 Å². The molecule has 1 heterocycles. The van der Waals surface area contributed by atoms with Crippen molar-refractivity contribution in [3.05, 3.63) is 65.2 Å². The summed E-state index contributed by atoms with van der Waals surface area (Å²) in [7, 11) is -2.94. The van der Waals surface area contributed by atoms with Crippen molar-refractivity contribution in [1.82, 2.24) is 21.0 Å². The van der Waals surface area contributed by atoms with Crippen LogP contribution in [0.15, 0.2) is 48.5 Å². The summed E-state index contributed by atoms with van der Waals surface area (Å²) in [4.78, 5) is 66.5. The smallest absolute Gasteiger partial charge is 0.748 e. The molecule has 2 aromatic carbocycles. The van der Waals surface area contributed by atoms with Gasteiger partial charge in [0.1, 0.15) is 11.8 Å². The van der Waals surface area contributed by atoms with Crippen LogP contribution in [0.3, 0.4) is 0 Å². The maximum absolute atomic E-state index is 13.8. The van der Waals surface area contributed by atoms with Gasteiger partial charge < -0.3 is 19.9 Å². The first-order valence-corrected chi connectivity index (χ1v) is 15.9. The van der Waals surface area contributed by atoms with E-state index in [2.05, 4.69) is 10.6 Å². The Bertz CT molecular complexity index is 1480. The van der Waals surface area contributed by atoms with Crippen molar-refractivity contribution in [2.45, 2.75) is 39.2 Å². The van der Waals surface area contributed by atoms with Gasteiger partial charge in [-0.1, -0.05) is 38.1 Å². The first kappa shape index (κ1) is 38.8. The van der Waals surface area contributed by atoms with Crippen LogP contribution >= 0.6 is 0 Å². The van der Waals surface area contributed by atoms with E-state index in [0.29, 0.717) is 11.3 Å². The van der Waals surface area contributed by atoms with Crippen LogP contribution in [0.2, 0.25) is 0 Å². The SMILES string of the molecule is CNC(=O)[C@@H](Cc1ccc(OCCCS(=O)(=O)[O-])cc1)NC(=O)[C@@H](CC(C)C)C(CN1C(=O)c2ccccc2C1=O)C(=O)NO.[Na+]. The summed E-state index contributed by atoms with van der Waals surface area (Å²) in [5.41, 5.74) is 2.52. The monoisotopic (exact) mass is 668 g/mol. The molecule has 5 amide bonds. The average Bonchev–Trinajstić information content (AvgIpc) is 3.24. The summed E-state index contributed by atoms with van der Waals surface area (Å²) in [6, 6.07) is 11.6. The van der Waals surface area contributed by atoms with Gasteiger partial charge in [-0.05, 0) is 48.6 Å². The minimum atomic E-state index is -4.34. The Morgan fingerprint density at radius 3 is 2.02 bits per heavy atom. The summed E-state index contributed by atoms with van der Waals surface area (Å²) in [6.07, 6.45) is 0.204. The molecule has 46 heavy (non-hydrogen) atoms. The zero-order chi connectivity index (χ0) is 33.3. The zero-order valence-electron chi connectivity index (χ0n) is 26.1. The molecule has 244 valence electrons. The maximum atomic E-state index is 13.8. The normalized spacial score (nSPS) is 14.5. The van der Waals surface area contributed by atoms with Crippen molar-refractivity contribution in [1.29, 1.82) is 0 Å². The van der Waals surface area contributed by atoms with Crippen LogP contribution in [-0.4, -0.2) is 84.6 Å². The number of rotatable bonds is 16. The summed E-state index contributed by atoms with van der Waals surface area (Å²) in [5, 5.41) is 14.7. The molecule has 16 heteroatoms. The summed E-state index contributed by atoms with van der Waals surface area (Å²) >= 11 is 0. The van der Waals surface area contributed by atoms with Gasteiger partial charge in [-0.2, -0.15) is 0 Å². The van der Waals surface area contributed by atoms with Crippen LogP contribution in [0.4, 0.5) is 0 Å². The second kappa shape index (κ2) is 17.5. The summed E-state index contributed by atoms with van der Waals surface area (Å²) < 4.78 is 37.7. The quantitative estimate of drug-likeness (QED) is 0.0381. The number of hydrogen-bond donors (Lipinski definition) is 4. The van der Waals surface area contributed by atoms with Crippen molar-refractivity contribution in [2.24, 2.45) is 17.8 Å². The molecule has 0 radical (unpaired) electrons. The molecule has 0 saturated heterocycles. The molecule has 0 fully saturated rings. The fourth-order valence-electron chi connectivity index (χ4n) is 5.08. The van der Waals surface area contributed by atoms with Crippen molar-refractivity contribution < 1.29 is 76.4 Å². The molecule has 0 aromatic heterocycles. The number of hydrogen-bond acceptors (Lipinski definition) is 10. The molecule has 0 saturated carbocycles. The van der Waals surface area contributed by atoms with Crippen molar-refractivity contribution in [3.63, 3.8) is 0 Å². The van der Waals surface area contributed by atoms with E-state index in [1.54, 1.807) is 41.9 Å². The molecule has 3 rings (SSSR count). The molecule has 0 spiro atoms. The predicted octanol–water partition coefficient (Wildman–Crippen LogP) is -2.14. The van der Waals surface area contributed by atoms with Crippen molar-refractivity contribution >= 4 is 39.7 Å². The van der Waals surface area contributed by atoms with E-state index < -0.39 is 69.8 Å². The number of carbonyl (C=O) groups is 5. The number of ether oxygens (including phenoxy) is 1. The van der Waals surface area contributed by atoms with E-state index in [0.717, 1.165) is 4.90 Å². The Morgan fingerprint density at radius 1 is 0.935 bits per heavy atom. The zero-order valence-corrected chi connectivity index (χ0v) is 29.0.